The van der Waals surface area contributed by atoms with E-state index in [1.807, 2.05) is 4.90 Å². The van der Waals surface area contributed by atoms with Gasteiger partial charge in [0, 0.05) is 31.9 Å². The monoisotopic (exact) mass is 327 g/mol. The Morgan fingerprint density at radius 3 is 1.90 bits per heavy atom. The third-order valence-corrected chi connectivity index (χ3v) is 3.66. The van der Waals surface area contributed by atoms with Gasteiger partial charge in [-0.2, -0.15) is 15.0 Å². The first kappa shape index (κ1) is 14.3. The highest BCUT2D eigenvalue weighted by atomic mass is 35.5. The van der Waals surface area contributed by atoms with Crippen LogP contribution in [0, 0.1) is 5.82 Å². The summed E-state index contributed by atoms with van der Waals surface area (Å²) in [7, 11) is 0. The van der Waals surface area contributed by atoms with Gasteiger partial charge in [0.15, 0.2) is 0 Å². The molecule has 8 heteroatoms. The summed E-state index contributed by atoms with van der Waals surface area (Å²) in [6, 6.07) is 6.49. The maximum atomic E-state index is 12.9. The number of aromatic nitrogens is 3. The maximum Gasteiger partial charge on any atom is 0.231 e. The van der Waals surface area contributed by atoms with Gasteiger partial charge in [0.2, 0.25) is 16.5 Å². The maximum absolute atomic E-state index is 12.9. The molecular formula is C13H12Cl2FN5. The van der Waals surface area contributed by atoms with Gasteiger partial charge >= 0.3 is 0 Å². The third kappa shape index (κ3) is 3.33. The number of rotatable bonds is 2. The van der Waals surface area contributed by atoms with E-state index in [1.54, 1.807) is 12.1 Å². The molecule has 1 aliphatic heterocycles. The first-order chi connectivity index (χ1) is 10.1. The zero-order valence-corrected chi connectivity index (χ0v) is 12.5. The molecule has 2 heterocycles. The lowest BCUT2D eigenvalue weighted by molar-refractivity contribution is 0.622. The SMILES string of the molecule is Fc1ccc(N2CCN(c3nc(Cl)nc(Cl)n3)CC2)cc1. The van der Waals surface area contributed by atoms with E-state index in [0.29, 0.717) is 5.95 Å². The molecule has 110 valence electrons. The van der Waals surface area contributed by atoms with Gasteiger partial charge in [0.05, 0.1) is 0 Å². The molecule has 0 radical (unpaired) electrons. The molecule has 1 fully saturated rings. The second-order valence-corrected chi connectivity index (χ2v) is 5.30. The number of piperazine rings is 1. The normalized spacial score (nSPS) is 15.4. The highest BCUT2D eigenvalue weighted by molar-refractivity contribution is 6.31. The quantitative estimate of drug-likeness (QED) is 0.848. The number of halogens is 3. The van der Waals surface area contributed by atoms with Crippen molar-refractivity contribution in [1.82, 2.24) is 15.0 Å². The Hall–Kier alpha value is -1.66. The van der Waals surface area contributed by atoms with E-state index in [-0.39, 0.29) is 16.4 Å². The van der Waals surface area contributed by atoms with E-state index in [9.17, 15) is 4.39 Å². The van der Waals surface area contributed by atoms with E-state index >= 15 is 0 Å². The fourth-order valence-corrected chi connectivity index (χ4v) is 2.63. The Morgan fingerprint density at radius 2 is 1.33 bits per heavy atom. The van der Waals surface area contributed by atoms with Gasteiger partial charge in [-0.05, 0) is 47.5 Å². The van der Waals surface area contributed by atoms with E-state index in [0.717, 1.165) is 31.9 Å². The van der Waals surface area contributed by atoms with Crippen molar-refractivity contribution in [3.8, 4) is 0 Å². The third-order valence-electron chi connectivity index (χ3n) is 3.32. The number of nitrogens with zero attached hydrogens (tertiary/aromatic N) is 5. The topological polar surface area (TPSA) is 45.2 Å². The number of benzene rings is 1. The average Bonchev–Trinajstić information content (AvgIpc) is 2.47. The molecule has 0 saturated carbocycles. The van der Waals surface area contributed by atoms with Crippen LogP contribution in [0.1, 0.15) is 0 Å². The number of anilines is 2. The first-order valence-electron chi connectivity index (χ1n) is 6.44. The summed E-state index contributed by atoms with van der Waals surface area (Å²) < 4.78 is 12.9. The average molecular weight is 328 g/mol. The van der Waals surface area contributed by atoms with Crippen molar-refractivity contribution in [2.24, 2.45) is 0 Å². The van der Waals surface area contributed by atoms with Gasteiger partial charge in [-0.1, -0.05) is 0 Å². The summed E-state index contributed by atoms with van der Waals surface area (Å²) in [6.07, 6.45) is 0. The fourth-order valence-electron chi connectivity index (χ4n) is 2.27. The van der Waals surface area contributed by atoms with E-state index in [1.165, 1.54) is 12.1 Å². The zero-order valence-electron chi connectivity index (χ0n) is 11.0. The van der Waals surface area contributed by atoms with Crippen LogP contribution in [0.4, 0.5) is 16.0 Å². The molecule has 1 aliphatic rings. The minimum atomic E-state index is -0.230. The first-order valence-corrected chi connectivity index (χ1v) is 7.20. The van der Waals surface area contributed by atoms with Gasteiger partial charge in [0.25, 0.3) is 0 Å². The molecule has 1 saturated heterocycles. The van der Waals surface area contributed by atoms with Crippen LogP contribution in [0.15, 0.2) is 24.3 Å². The Bertz CT molecular complexity index is 609. The highest BCUT2D eigenvalue weighted by Gasteiger charge is 2.20. The van der Waals surface area contributed by atoms with Crippen LogP contribution in [-0.2, 0) is 0 Å². The fraction of sp³-hybridized carbons (Fsp3) is 0.308. The summed E-state index contributed by atoms with van der Waals surface area (Å²) in [5.74, 6) is 0.255. The van der Waals surface area contributed by atoms with E-state index < -0.39 is 0 Å². The number of hydrogen-bond donors (Lipinski definition) is 0. The van der Waals surface area contributed by atoms with Gasteiger partial charge in [0.1, 0.15) is 5.82 Å². The molecule has 21 heavy (non-hydrogen) atoms. The molecule has 1 aromatic heterocycles. The Balaban J connectivity index is 1.68. The summed E-state index contributed by atoms with van der Waals surface area (Å²) >= 11 is 11.6. The molecule has 0 N–H and O–H groups in total. The molecule has 0 atom stereocenters. The molecule has 5 nitrogen and oxygen atoms in total. The molecule has 0 unspecified atom stereocenters. The Morgan fingerprint density at radius 1 is 0.810 bits per heavy atom. The molecule has 0 amide bonds. The van der Waals surface area contributed by atoms with Crippen molar-refractivity contribution in [3.63, 3.8) is 0 Å². The van der Waals surface area contributed by atoms with Crippen molar-refractivity contribution in [1.29, 1.82) is 0 Å². The lowest BCUT2D eigenvalue weighted by Gasteiger charge is -2.36. The minimum absolute atomic E-state index is 0.0889. The zero-order chi connectivity index (χ0) is 14.8. The predicted octanol–water partition coefficient (Wildman–Crippen LogP) is 2.64. The molecule has 1 aromatic carbocycles. The number of hydrogen-bond acceptors (Lipinski definition) is 5. The summed E-state index contributed by atoms with van der Waals surface area (Å²) in [6.45, 7) is 3.03. The van der Waals surface area contributed by atoms with Crippen molar-refractivity contribution < 1.29 is 4.39 Å². The molecule has 0 bridgehead atoms. The summed E-state index contributed by atoms with van der Waals surface area (Å²) in [4.78, 5) is 16.1. The van der Waals surface area contributed by atoms with Crippen LogP contribution < -0.4 is 9.80 Å². The van der Waals surface area contributed by atoms with Crippen LogP contribution in [0.3, 0.4) is 0 Å². The van der Waals surface area contributed by atoms with Crippen molar-refractivity contribution in [2.45, 2.75) is 0 Å². The second kappa shape index (κ2) is 5.99. The lowest BCUT2D eigenvalue weighted by Crippen LogP contribution is -2.47. The second-order valence-electron chi connectivity index (χ2n) is 4.62. The Labute approximate surface area is 131 Å². The molecule has 3 rings (SSSR count). The molecule has 2 aromatic rings. The lowest BCUT2D eigenvalue weighted by atomic mass is 10.2. The van der Waals surface area contributed by atoms with Crippen LogP contribution in [0.2, 0.25) is 10.6 Å². The van der Waals surface area contributed by atoms with E-state index in [2.05, 4.69) is 19.9 Å². The Kier molecular flexibility index (Phi) is 4.07. The minimum Gasteiger partial charge on any atom is -0.368 e. The highest BCUT2D eigenvalue weighted by Crippen LogP contribution is 2.20. The molecule has 0 spiro atoms. The van der Waals surface area contributed by atoms with Crippen molar-refractivity contribution >= 4 is 34.8 Å². The van der Waals surface area contributed by atoms with Gasteiger partial charge in [-0.15, -0.1) is 0 Å². The van der Waals surface area contributed by atoms with Crippen LogP contribution in [0.5, 0.6) is 0 Å². The van der Waals surface area contributed by atoms with Crippen LogP contribution in [0.25, 0.3) is 0 Å². The van der Waals surface area contributed by atoms with Gasteiger partial charge < -0.3 is 9.80 Å². The smallest absolute Gasteiger partial charge is 0.231 e. The molecule has 0 aliphatic carbocycles. The summed E-state index contributed by atoms with van der Waals surface area (Å²) in [5, 5.41) is 0.178. The standard InChI is InChI=1S/C13H12Cl2FN5/c14-11-17-12(15)19-13(18-11)21-7-5-20(6-8-21)10-3-1-9(16)2-4-10/h1-4H,5-8H2. The van der Waals surface area contributed by atoms with Crippen LogP contribution >= 0.6 is 23.2 Å². The van der Waals surface area contributed by atoms with Gasteiger partial charge in [-0.3, -0.25) is 0 Å². The largest absolute Gasteiger partial charge is 0.368 e. The van der Waals surface area contributed by atoms with Gasteiger partial charge in [-0.25, -0.2) is 4.39 Å². The van der Waals surface area contributed by atoms with Crippen LogP contribution in [-0.4, -0.2) is 41.1 Å². The predicted molar refractivity (Wildman–Crippen MR) is 80.7 cm³/mol. The van der Waals surface area contributed by atoms with Crippen molar-refractivity contribution in [2.75, 3.05) is 36.0 Å². The summed E-state index contributed by atoms with van der Waals surface area (Å²) in [5.41, 5.74) is 1.00. The molecular weight excluding hydrogens is 316 g/mol. The van der Waals surface area contributed by atoms with E-state index in [4.69, 9.17) is 23.2 Å². The van der Waals surface area contributed by atoms with Crippen molar-refractivity contribution in [3.05, 3.63) is 40.6 Å².